The lowest BCUT2D eigenvalue weighted by molar-refractivity contribution is 0.669. The van der Waals surface area contributed by atoms with Gasteiger partial charge in [0, 0.05) is 62.2 Å². The first-order valence-electron chi connectivity index (χ1n) is 16.3. The fourth-order valence-electron chi connectivity index (χ4n) is 6.93. The first-order valence-corrected chi connectivity index (χ1v) is 16.3. The first-order chi connectivity index (χ1) is 24.2. The van der Waals surface area contributed by atoms with E-state index in [9.17, 15) is 0 Å². The van der Waals surface area contributed by atoms with Crippen molar-refractivity contribution in [3.8, 4) is 44.8 Å². The van der Waals surface area contributed by atoms with Crippen LogP contribution in [0.4, 0.5) is 0 Å². The van der Waals surface area contributed by atoms with Crippen LogP contribution in [0.2, 0.25) is 0 Å². The number of fused-ring (bicyclic) bond motifs is 7. The van der Waals surface area contributed by atoms with Gasteiger partial charge in [-0.2, -0.15) is 0 Å². The summed E-state index contributed by atoms with van der Waals surface area (Å²) < 4.78 is 6.26. The minimum absolute atomic E-state index is 0.844. The van der Waals surface area contributed by atoms with Crippen molar-refractivity contribution in [1.82, 2.24) is 19.9 Å². The topological polar surface area (TPSA) is 64.7 Å². The van der Waals surface area contributed by atoms with Gasteiger partial charge in [-0.25, -0.2) is 4.98 Å². The van der Waals surface area contributed by atoms with Crippen molar-refractivity contribution in [2.45, 2.75) is 0 Å². The number of hydrogen-bond donors (Lipinski definition) is 0. The minimum Gasteiger partial charge on any atom is -0.456 e. The van der Waals surface area contributed by atoms with Gasteiger partial charge >= 0.3 is 0 Å². The molecule has 0 atom stereocenters. The van der Waals surface area contributed by atoms with Crippen LogP contribution in [0, 0.1) is 0 Å². The largest absolute Gasteiger partial charge is 0.456 e. The Bertz CT molecular complexity index is 2890. The van der Waals surface area contributed by atoms with Crippen molar-refractivity contribution >= 4 is 54.6 Å². The van der Waals surface area contributed by atoms with Crippen molar-refractivity contribution in [2.24, 2.45) is 0 Å². The van der Waals surface area contributed by atoms with E-state index in [0.717, 1.165) is 99.4 Å². The molecule has 5 heterocycles. The van der Waals surface area contributed by atoms with E-state index in [1.54, 1.807) is 0 Å². The average molecular weight is 627 g/mol. The summed E-state index contributed by atoms with van der Waals surface area (Å²) in [6.07, 6.45) is 5.60. The third-order valence-electron chi connectivity index (χ3n) is 9.38. The van der Waals surface area contributed by atoms with Crippen LogP contribution in [0.1, 0.15) is 0 Å². The van der Waals surface area contributed by atoms with Gasteiger partial charge in [-0.05, 0) is 65.2 Å². The molecule has 49 heavy (non-hydrogen) atoms. The van der Waals surface area contributed by atoms with Crippen molar-refractivity contribution in [2.75, 3.05) is 0 Å². The summed E-state index contributed by atoms with van der Waals surface area (Å²) in [7, 11) is 0. The number of furan rings is 1. The highest BCUT2D eigenvalue weighted by Crippen LogP contribution is 2.36. The van der Waals surface area contributed by atoms with Gasteiger partial charge in [0.05, 0.1) is 27.9 Å². The maximum atomic E-state index is 6.26. The van der Waals surface area contributed by atoms with Crippen molar-refractivity contribution in [3.05, 3.63) is 158 Å². The highest BCUT2D eigenvalue weighted by Gasteiger charge is 2.15. The molecule has 228 valence electrons. The van der Waals surface area contributed by atoms with Gasteiger partial charge < -0.3 is 4.42 Å². The van der Waals surface area contributed by atoms with Gasteiger partial charge in [0.25, 0.3) is 0 Å². The molecule has 0 aliphatic carbocycles. The number of pyridine rings is 4. The highest BCUT2D eigenvalue weighted by molar-refractivity contribution is 6.06. The Morgan fingerprint density at radius 2 is 1.06 bits per heavy atom. The molecule has 10 aromatic rings. The van der Waals surface area contributed by atoms with E-state index in [-0.39, 0.29) is 0 Å². The molecule has 0 fully saturated rings. The Morgan fingerprint density at radius 1 is 0.388 bits per heavy atom. The summed E-state index contributed by atoms with van der Waals surface area (Å²) in [5.41, 5.74) is 12.5. The van der Waals surface area contributed by atoms with Crippen LogP contribution in [0.25, 0.3) is 99.4 Å². The van der Waals surface area contributed by atoms with E-state index in [1.807, 2.05) is 48.9 Å². The SMILES string of the molecule is c1cnc2c(-c3cc(-c4ccc(-c5cnc6c(ccc7cccnc76)c5)cc4)cc(-c4ccc5c(c4)oc4ccccc45)n3)cccc2c1. The van der Waals surface area contributed by atoms with Gasteiger partial charge in [-0.1, -0.05) is 91.0 Å². The number of para-hydroxylation sites is 2. The number of benzene rings is 5. The summed E-state index contributed by atoms with van der Waals surface area (Å²) in [6.45, 7) is 0. The van der Waals surface area contributed by atoms with E-state index in [2.05, 4.69) is 114 Å². The number of nitrogens with zero attached hydrogens (tertiary/aromatic N) is 4. The molecule has 0 aliphatic rings. The summed E-state index contributed by atoms with van der Waals surface area (Å²) in [6, 6.07) is 48.3. The molecule has 0 aliphatic heterocycles. The van der Waals surface area contributed by atoms with E-state index in [4.69, 9.17) is 19.4 Å². The normalized spacial score (nSPS) is 11.7. The van der Waals surface area contributed by atoms with E-state index in [1.165, 1.54) is 0 Å². The van der Waals surface area contributed by atoms with Crippen LogP contribution in [0.5, 0.6) is 0 Å². The Labute approximate surface area is 281 Å². The number of rotatable bonds is 4. The second kappa shape index (κ2) is 10.9. The fraction of sp³-hybridized carbons (Fsp3) is 0. The molecule has 0 radical (unpaired) electrons. The average Bonchev–Trinajstić information content (AvgIpc) is 3.55. The Kier molecular flexibility index (Phi) is 6.11. The lowest BCUT2D eigenvalue weighted by atomic mass is 9.96. The summed E-state index contributed by atoms with van der Waals surface area (Å²) >= 11 is 0. The molecule has 5 aromatic heterocycles. The Balaban J connectivity index is 1.10. The molecular weight excluding hydrogens is 601 g/mol. The summed E-state index contributed by atoms with van der Waals surface area (Å²) in [5.74, 6) is 0. The van der Waals surface area contributed by atoms with Crippen LogP contribution < -0.4 is 0 Å². The molecule has 5 heteroatoms. The van der Waals surface area contributed by atoms with Gasteiger partial charge in [0.15, 0.2) is 0 Å². The minimum atomic E-state index is 0.844. The van der Waals surface area contributed by atoms with Crippen LogP contribution in [0.15, 0.2) is 163 Å². The summed E-state index contributed by atoms with van der Waals surface area (Å²) in [5, 5.41) is 5.44. The first kappa shape index (κ1) is 27.4. The van der Waals surface area contributed by atoms with Gasteiger partial charge in [0.2, 0.25) is 0 Å². The molecule has 5 aromatic carbocycles. The smallest absolute Gasteiger partial charge is 0.136 e. The molecule has 0 spiro atoms. The van der Waals surface area contributed by atoms with Crippen molar-refractivity contribution in [1.29, 1.82) is 0 Å². The molecule has 0 unspecified atom stereocenters. The van der Waals surface area contributed by atoms with E-state index < -0.39 is 0 Å². The molecule has 0 saturated heterocycles. The third kappa shape index (κ3) is 4.63. The van der Waals surface area contributed by atoms with Crippen LogP contribution >= 0.6 is 0 Å². The standard InChI is InChI=1S/C44H26N4O/c1-2-11-40-35(9-1)36-19-18-31(25-41(36)49-40)38-23-33(24-39(48-38)37-10-3-6-29-7-4-20-45-42(29)37)27-12-14-28(15-13-27)34-22-32-17-16-30-8-5-21-46-43(30)44(32)47-26-34/h1-26H. The number of aromatic nitrogens is 4. The third-order valence-corrected chi connectivity index (χ3v) is 9.38. The summed E-state index contributed by atoms with van der Waals surface area (Å²) in [4.78, 5) is 19.4. The molecular formula is C44H26N4O. The maximum absolute atomic E-state index is 6.26. The lowest BCUT2D eigenvalue weighted by Crippen LogP contribution is -1.93. The number of hydrogen-bond acceptors (Lipinski definition) is 5. The molecule has 0 saturated carbocycles. The molecule has 0 N–H and O–H groups in total. The van der Waals surface area contributed by atoms with Crippen molar-refractivity contribution in [3.63, 3.8) is 0 Å². The van der Waals surface area contributed by atoms with Gasteiger partial charge in [-0.15, -0.1) is 0 Å². The Morgan fingerprint density at radius 3 is 1.94 bits per heavy atom. The quantitative estimate of drug-likeness (QED) is 0.182. The molecule has 10 rings (SSSR count). The zero-order chi connectivity index (χ0) is 32.3. The van der Waals surface area contributed by atoms with Gasteiger partial charge in [0.1, 0.15) is 11.2 Å². The van der Waals surface area contributed by atoms with Crippen LogP contribution in [-0.2, 0) is 0 Å². The molecule has 0 bridgehead atoms. The zero-order valence-electron chi connectivity index (χ0n) is 26.2. The monoisotopic (exact) mass is 626 g/mol. The predicted molar refractivity (Wildman–Crippen MR) is 199 cm³/mol. The van der Waals surface area contributed by atoms with E-state index in [0.29, 0.717) is 0 Å². The highest BCUT2D eigenvalue weighted by atomic mass is 16.3. The fourth-order valence-corrected chi connectivity index (χ4v) is 6.93. The maximum Gasteiger partial charge on any atom is 0.136 e. The second-order valence-electron chi connectivity index (χ2n) is 12.3. The molecule has 5 nitrogen and oxygen atoms in total. The van der Waals surface area contributed by atoms with Crippen LogP contribution in [0.3, 0.4) is 0 Å². The zero-order valence-corrected chi connectivity index (χ0v) is 26.2. The van der Waals surface area contributed by atoms with Gasteiger partial charge in [-0.3, -0.25) is 15.0 Å². The Hall–Kier alpha value is -6.72. The predicted octanol–water partition coefficient (Wildman–Crippen LogP) is 11.3. The lowest BCUT2D eigenvalue weighted by Gasteiger charge is -2.12. The second-order valence-corrected chi connectivity index (χ2v) is 12.3. The molecule has 0 amide bonds. The van der Waals surface area contributed by atoms with E-state index >= 15 is 0 Å². The van der Waals surface area contributed by atoms with Crippen molar-refractivity contribution < 1.29 is 4.42 Å². The van der Waals surface area contributed by atoms with Crippen LogP contribution in [-0.4, -0.2) is 19.9 Å².